The third kappa shape index (κ3) is 3.10. The molecule has 11 heteroatoms. The Morgan fingerprint density at radius 1 is 1.42 bits per heavy atom. The van der Waals surface area contributed by atoms with E-state index in [-0.39, 0.29) is 30.5 Å². The average Bonchev–Trinajstić information content (AvgIpc) is 3.28. The van der Waals surface area contributed by atoms with Gasteiger partial charge in [-0.1, -0.05) is 5.21 Å². The molecule has 0 aliphatic carbocycles. The van der Waals surface area contributed by atoms with Crippen LogP contribution in [0.3, 0.4) is 0 Å². The van der Waals surface area contributed by atoms with Crippen molar-refractivity contribution in [3.05, 3.63) is 35.5 Å². The van der Waals surface area contributed by atoms with Crippen molar-refractivity contribution in [3.8, 4) is 5.82 Å². The van der Waals surface area contributed by atoms with Crippen molar-refractivity contribution >= 4 is 11.8 Å². The monoisotopic (exact) mass is 333 g/mol. The quantitative estimate of drug-likeness (QED) is 0.578. The van der Waals surface area contributed by atoms with E-state index in [1.807, 2.05) is 6.07 Å². The number of carbonyl (C=O) groups excluding carboxylic acids is 1. The van der Waals surface area contributed by atoms with Gasteiger partial charge in [-0.25, -0.2) is 9.42 Å². The first kappa shape index (κ1) is 15.7. The van der Waals surface area contributed by atoms with Crippen molar-refractivity contribution < 1.29 is 18.6 Å². The zero-order chi connectivity index (χ0) is 16.9. The summed E-state index contributed by atoms with van der Waals surface area (Å²) in [5.41, 5.74) is 6.16. The topological polar surface area (TPSA) is 147 Å². The SMILES string of the molecule is CCOC(=O)c1nnn(-c2nonc2N)c1CNCc1ccco1. The molecule has 3 N–H and O–H groups in total. The molecule has 3 heterocycles. The molecule has 0 aromatic carbocycles. The highest BCUT2D eigenvalue weighted by atomic mass is 16.6. The summed E-state index contributed by atoms with van der Waals surface area (Å²) in [5.74, 6) is 0.332. The first-order valence-corrected chi connectivity index (χ1v) is 7.14. The second-order valence-electron chi connectivity index (χ2n) is 4.67. The van der Waals surface area contributed by atoms with Gasteiger partial charge in [0.1, 0.15) is 5.76 Å². The molecule has 0 amide bonds. The number of anilines is 1. The first-order valence-electron chi connectivity index (χ1n) is 7.14. The number of aromatic nitrogens is 5. The van der Waals surface area contributed by atoms with Gasteiger partial charge in [-0.15, -0.1) is 5.10 Å². The number of ether oxygens (including phenoxy) is 1. The second kappa shape index (κ2) is 6.91. The van der Waals surface area contributed by atoms with E-state index in [9.17, 15) is 4.79 Å². The highest BCUT2D eigenvalue weighted by molar-refractivity contribution is 5.88. The smallest absolute Gasteiger partial charge is 0.360 e. The number of hydrogen-bond donors (Lipinski definition) is 2. The fourth-order valence-corrected chi connectivity index (χ4v) is 2.04. The number of nitrogens with two attached hydrogens (primary N) is 1. The maximum Gasteiger partial charge on any atom is 0.360 e. The molecular formula is C13H15N7O4. The number of nitrogens with zero attached hydrogens (tertiary/aromatic N) is 5. The van der Waals surface area contributed by atoms with Crippen LogP contribution in [0.1, 0.15) is 28.9 Å². The van der Waals surface area contributed by atoms with Crippen molar-refractivity contribution in [3.63, 3.8) is 0 Å². The number of furan rings is 1. The lowest BCUT2D eigenvalue weighted by Crippen LogP contribution is -2.19. The predicted octanol–water partition coefficient (Wildman–Crippen LogP) is 0.292. The van der Waals surface area contributed by atoms with E-state index in [0.717, 1.165) is 5.76 Å². The lowest BCUT2D eigenvalue weighted by molar-refractivity contribution is 0.0518. The predicted molar refractivity (Wildman–Crippen MR) is 78.8 cm³/mol. The van der Waals surface area contributed by atoms with Crippen LogP contribution in [0.25, 0.3) is 5.82 Å². The number of hydrogen-bond acceptors (Lipinski definition) is 10. The van der Waals surface area contributed by atoms with E-state index in [4.69, 9.17) is 14.9 Å². The Morgan fingerprint density at radius 2 is 2.29 bits per heavy atom. The van der Waals surface area contributed by atoms with Crippen LogP contribution >= 0.6 is 0 Å². The lowest BCUT2D eigenvalue weighted by atomic mass is 10.3. The second-order valence-corrected chi connectivity index (χ2v) is 4.67. The van der Waals surface area contributed by atoms with Crippen LogP contribution in [-0.2, 0) is 17.8 Å². The van der Waals surface area contributed by atoms with Crippen molar-refractivity contribution in [2.24, 2.45) is 0 Å². The maximum absolute atomic E-state index is 12.1. The Labute approximate surface area is 135 Å². The summed E-state index contributed by atoms with van der Waals surface area (Å²) in [6.07, 6.45) is 1.58. The fraction of sp³-hybridized carbons (Fsp3) is 0.308. The molecule has 0 radical (unpaired) electrons. The number of rotatable bonds is 7. The van der Waals surface area contributed by atoms with Crippen LogP contribution in [0, 0.1) is 0 Å². The van der Waals surface area contributed by atoms with Gasteiger partial charge in [-0.05, 0) is 29.4 Å². The molecule has 126 valence electrons. The molecule has 0 saturated carbocycles. The molecule has 0 bridgehead atoms. The summed E-state index contributed by atoms with van der Waals surface area (Å²) in [4.78, 5) is 12.1. The minimum atomic E-state index is -0.589. The Kier molecular flexibility index (Phi) is 4.52. The largest absolute Gasteiger partial charge is 0.468 e. The Morgan fingerprint density at radius 3 is 2.96 bits per heavy atom. The maximum atomic E-state index is 12.1. The number of nitrogen functional groups attached to an aromatic ring is 1. The summed E-state index contributed by atoms with van der Waals surface area (Å²) >= 11 is 0. The van der Waals surface area contributed by atoms with Crippen molar-refractivity contribution in [2.75, 3.05) is 12.3 Å². The average molecular weight is 333 g/mol. The van der Waals surface area contributed by atoms with Crippen LogP contribution in [0.2, 0.25) is 0 Å². The molecule has 0 saturated heterocycles. The standard InChI is InChI=1S/C13H15N7O4/c1-2-22-13(21)10-9(7-15-6-8-4-3-5-23-8)20(19-16-10)12-11(14)17-24-18-12/h3-5,15H,2,6-7H2,1H3,(H2,14,17). The molecule has 11 nitrogen and oxygen atoms in total. The fourth-order valence-electron chi connectivity index (χ4n) is 2.04. The highest BCUT2D eigenvalue weighted by Crippen LogP contribution is 2.16. The van der Waals surface area contributed by atoms with Gasteiger partial charge in [0.05, 0.1) is 25.1 Å². The molecule has 24 heavy (non-hydrogen) atoms. The van der Waals surface area contributed by atoms with Crippen molar-refractivity contribution in [1.82, 2.24) is 30.6 Å². The van der Waals surface area contributed by atoms with E-state index in [1.54, 1.807) is 19.3 Å². The zero-order valence-corrected chi connectivity index (χ0v) is 12.8. The van der Waals surface area contributed by atoms with Gasteiger partial charge in [0.25, 0.3) is 0 Å². The molecule has 0 spiro atoms. The van der Waals surface area contributed by atoms with Crippen LogP contribution in [0.4, 0.5) is 5.82 Å². The number of carbonyl (C=O) groups is 1. The third-order valence-corrected chi connectivity index (χ3v) is 3.10. The summed E-state index contributed by atoms with van der Waals surface area (Å²) in [6.45, 7) is 2.62. The number of nitrogens with one attached hydrogen (secondary N) is 1. The van der Waals surface area contributed by atoms with E-state index in [1.165, 1.54) is 4.68 Å². The molecule has 3 aromatic heterocycles. The van der Waals surface area contributed by atoms with Crippen molar-refractivity contribution in [1.29, 1.82) is 0 Å². The molecule has 0 aliphatic heterocycles. The van der Waals surface area contributed by atoms with Crippen molar-refractivity contribution in [2.45, 2.75) is 20.0 Å². The first-order chi connectivity index (χ1) is 11.7. The molecule has 0 fully saturated rings. The van der Waals surface area contributed by atoms with Gasteiger partial charge >= 0.3 is 5.97 Å². The van der Waals surface area contributed by atoms with Gasteiger partial charge in [0.15, 0.2) is 5.69 Å². The van der Waals surface area contributed by atoms with Gasteiger partial charge in [-0.3, -0.25) is 0 Å². The van der Waals surface area contributed by atoms with Gasteiger partial charge in [0.2, 0.25) is 11.6 Å². The third-order valence-electron chi connectivity index (χ3n) is 3.10. The van der Waals surface area contributed by atoms with Crippen LogP contribution in [0.5, 0.6) is 0 Å². The van der Waals surface area contributed by atoms with E-state index < -0.39 is 5.97 Å². The van der Waals surface area contributed by atoms with Crippen LogP contribution in [-0.4, -0.2) is 37.9 Å². The molecule has 0 aliphatic rings. The molecular weight excluding hydrogens is 318 g/mol. The molecule has 0 unspecified atom stereocenters. The summed E-state index contributed by atoms with van der Waals surface area (Å²) in [7, 11) is 0. The summed E-state index contributed by atoms with van der Waals surface area (Å²) in [5, 5.41) is 18.1. The minimum absolute atomic E-state index is 0.0302. The number of esters is 1. The summed E-state index contributed by atoms with van der Waals surface area (Å²) in [6, 6.07) is 3.61. The van der Waals surface area contributed by atoms with E-state index >= 15 is 0 Å². The van der Waals surface area contributed by atoms with Gasteiger partial charge in [0, 0.05) is 6.54 Å². The van der Waals surface area contributed by atoms with Gasteiger partial charge < -0.3 is 20.2 Å². The Bertz CT molecular complexity index is 808. The van der Waals surface area contributed by atoms with E-state index in [0.29, 0.717) is 12.2 Å². The van der Waals surface area contributed by atoms with Crippen LogP contribution in [0.15, 0.2) is 27.4 Å². The lowest BCUT2D eigenvalue weighted by Gasteiger charge is -2.06. The highest BCUT2D eigenvalue weighted by Gasteiger charge is 2.24. The summed E-state index contributed by atoms with van der Waals surface area (Å²) < 4.78 is 16.1. The van der Waals surface area contributed by atoms with Gasteiger partial charge in [-0.2, -0.15) is 4.68 Å². The molecule has 3 rings (SSSR count). The normalized spacial score (nSPS) is 10.9. The van der Waals surface area contributed by atoms with Crippen LogP contribution < -0.4 is 11.1 Å². The Balaban J connectivity index is 1.86. The molecule has 0 atom stereocenters. The Hall–Kier alpha value is -3.21. The molecule has 3 aromatic rings. The zero-order valence-electron chi connectivity index (χ0n) is 12.8. The van der Waals surface area contributed by atoms with E-state index in [2.05, 4.69) is 30.6 Å². The minimum Gasteiger partial charge on any atom is -0.468 e.